The Balaban J connectivity index is 2.08. The van der Waals surface area contributed by atoms with Crippen LogP contribution in [0.5, 0.6) is 0 Å². The van der Waals surface area contributed by atoms with Crippen molar-refractivity contribution in [2.24, 2.45) is 0 Å². The number of rotatable bonds is 2. The summed E-state index contributed by atoms with van der Waals surface area (Å²) < 4.78 is 11.7. The van der Waals surface area contributed by atoms with E-state index in [9.17, 15) is 4.79 Å². The number of aryl methyl sites for hydroxylation is 1. The highest BCUT2D eigenvalue weighted by Crippen LogP contribution is 2.19. The number of carbonyl (C=O) groups excluding carboxylic acids is 1. The van der Waals surface area contributed by atoms with Crippen LogP contribution in [0.3, 0.4) is 0 Å². The first-order chi connectivity index (χ1) is 9.17. The lowest BCUT2D eigenvalue weighted by Crippen LogP contribution is -2.02. The van der Waals surface area contributed by atoms with Crippen LogP contribution in [-0.4, -0.2) is 27.7 Å². The maximum Gasteiger partial charge on any atom is 0.338 e. The van der Waals surface area contributed by atoms with Crippen molar-refractivity contribution in [1.82, 2.24) is 14.6 Å². The van der Waals surface area contributed by atoms with Gasteiger partial charge in [-0.25, -0.2) is 14.3 Å². The van der Waals surface area contributed by atoms with E-state index in [2.05, 4.69) is 14.8 Å². The molecule has 6 nitrogen and oxygen atoms in total. The van der Waals surface area contributed by atoms with E-state index in [1.54, 1.807) is 22.8 Å². The highest BCUT2D eigenvalue weighted by Gasteiger charge is 2.12. The average molecular weight is 257 g/mol. The molecule has 3 rings (SSSR count). The van der Waals surface area contributed by atoms with Gasteiger partial charge in [-0.2, -0.15) is 0 Å². The summed E-state index contributed by atoms with van der Waals surface area (Å²) in [7, 11) is 1.34. The second kappa shape index (κ2) is 4.24. The Morgan fingerprint density at radius 2 is 2.21 bits per heavy atom. The molecule has 3 aromatic rings. The topological polar surface area (TPSA) is 69.6 Å². The van der Waals surface area contributed by atoms with E-state index < -0.39 is 5.97 Å². The van der Waals surface area contributed by atoms with Gasteiger partial charge in [-0.15, -0.1) is 5.10 Å². The third-order valence-corrected chi connectivity index (χ3v) is 2.72. The first-order valence-corrected chi connectivity index (χ1v) is 5.69. The predicted molar refractivity (Wildman–Crippen MR) is 66.8 cm³/mol. The molecule has 0 aliphatic rings. The first-order valence-electron chi connectivity index (χ1n) is 5.69. The Bertz CT molecular complexity index is 757. The Morgan fingerprint density at radius 3 is 2.89 bits per heavy atom. The fourth-order valence-corrected chi connectivity index (χ4v) is 1.79. The molecule has 0 bridgehead atoms. The molecule has 3 heterocycles. The maximum absolute atomic E-state index is 11.4. The summed E-state index contributed by atoms with van der Waals surface area (Å²) in [6.07, 6.45) is 1.66. The van der Waals surface area contributed by atoms with Crippen molar-refractivity contribution in [3.05, 3.63) is 41.8 Å². The lowest BCUT2D eigenvalue weighted by Gasteiger charge is -1.97. The van der Waals surface area contributed by atoms with E-state index in [0.717, 1.165) is 5.76 Å². The zero-order valence-corrected chi connectivity index (χ0v) is 10.5. The van der Waals surface area contributed by atoms with Crippen LogP contribution in [0.4, 0.5) is 0 Å². The molecule has 0 aromatic carbocycles. The Kier molecular flexibility index (Phi) is 2.56. The van der Waals surface area contributed by atoms with Gasteiger partial charge in [0.25, 0.3) is 0 Å². The number of hydrogen-bond acceptors (Lipinski definition) is 5. The third-order valence-electron chi connectivity index (χ3n) is 2.72. The number of hydrogen-bond donors (Lipinski definition) is 0. The number of methoxy groups -OCH3 is 1. The Labute approximate surface area is 108 Å². The van der Waals surface area contributed by atoms with Crippen molar-refractivity contribution < 1.29 is 13.9 Å². The monoisotopic (exact) mass is 257 g/mol. The minimum absolute atomic E-state index is 0.402. The van der Waals surface area contributed by atoms with Crippen LogP contribution in [0.2, 0.25) is 0 Å². The maximum atomic E-state index is 11.4. The summed E-state index contributed by atoms with van der Waals surface area (Å²) in [5, 5.41) is 4.28. The standard InChI is InChI=1S/C13H11N3O3/c1-8-3-4-10(19-8)12-14-11-7-9(13(17)18-2)5-6-16(11)15-12/h3-7H,1-2H3. The van der Waals surface area contributed by atoms with Crippen LogP contribution in [-0.2, 0) is 4.74 Å². The summed E-state index contributed by atoms with van der Waals surface area (Å²) >= 11 is 0. The number of esters is 1. The van der Waals surface area contributed by atoms with Gasteiger partial charge in [0.15, 0.2) is 11.4 Å². The fourth-order valence-electron chi connectivity index (χ4n) is 1.79. The molecule has 0 radical (unpaired) electrons. The highest BCUT2D eigenvalue weighted by atomic mass is 16.5. The van der Waals surface area contributed by atoms with Gasteiger partial charge < -0.3 is 9.15 Å². The van der Waals surface area contributed by atoms with Gasteiger partial charge in [0.2, 0.25) is 5.82 Å². The number of fused-ring (bicyclic) bond motifs is 1. The summed E-state index contributed by atoms with van der Waals surface area (Å²) in [6.45, 7) is 1.86. The second-order valence-electron chi connectivity index (χ2n) is 4.06. The van der Waals surface area contributed by atoms with Gasteiger partial charge in [0.05, 0.1) is 12.7 Å². The minimum Gasteiger partial charge on any atom is -0.465 e. The quantitative estimate of drug-likeness (QED) is 0.657. The van der Waals surface area contributed by atoms with Crippen LogP contribution in [0, 0.1) is 6.92 Å². The van der Waals surface area contributed by atoms with E-state index >= 15 is 0 Å². The molecule has 19 heavy (non-hydrogen) atoms. The summed E-state index contributed by atoms with van der Waals surface area (Å²) in [5.74, 6) is 1.47. The van der Waals surface area contributed by atoms with E-state index in [1.807, 2.05) is 19.1 Å². The summed E-state index contributed by atoms with van der Waals surface area (Å²) in [6, 6.07) is 6.91. The molecule has 96 valence electrons. The predicted octanol–water partition coefficient (Wildman–Crippen LogP) is 2.08. The number of nitrogens with zero attached hydrogens (tertiary/aromatic N) is 3. The molecule has 0 N–H and O–H groups in total. The van der Waals surface area contributed by atoms with Gasteiger partial charge in [0, 0.05) is 6.20 Å². The normalized spacial score (nSPS) is 10.8. The molecule has 0 atom stereocenters. The molecule has 0 spiro atoms. The highest BCUT2D eigenvalue weighted by molar-refractivity contribution is 5.90. The number of carbonyl (C=O) groups is 1. The van der Waals surface area contributed by atoms with Crippen molar-refractivity contribution in [1.29, 1.82) is 0 Å². The van der Waals surface area contributed by atoms with Crippen molar-refractivity contribution >= 4 is 11.6 Å². The van der Waals surface area contributed by atoms with Gasteiger partial charge in [-0.1, -0.05) is 0 Å². The largest absolute Gasteiger partial charge is 0.465 e. The van der Waals surface area contributed by atoms with E-state index in [0.29, 0.717) is 22.8 Å². The van der Waals surface area contributed by atoms with E-state index in [-0.39, 0.29) is 0 Å². The first kappa shape index (κ1) is 11.5. The van der Waals surface area contributed by atoms with Crippen LogP contribution in [0.1, 0.15) is 16.1 Å². The molecule has 3 aromatic heterocycles. The lowest BCUT2D eigenvalue weighted by molar-refractivity contribution is 0.0600. The SMILES string of the molecule is COC(=O)c1ccn2nc(-c3ccc(C)o3)nc2c1. The Hall–Kier alpha value is -2.63. The van der Waals surface area contributed by atoms with Gasteiger partial charge in [-0.3, -0.25) is 0 Å². The lowest BCUT2D eigenvalue weighted by atomic mass is 10.3. The van der Waals surface area contributed by atoms with Crippen molar-refractivity contribution in [2.75, 3.05) is 7.11 Å². The molecule has 0 unspecified atom stereocenters. The molecule has 0 amide bonds. The summed E-state index contributed by atoms with van der Waals surface area (Å²) in [4.78, 5) is 15.8. The number of pyridine rings is 1. The molecule has 0 fully saturated rings. The number of ether oxygens (including phenoxy) is 1. The van der Waals surface area contributed by atoms with E-state index in [1.165, 1.54) is 7.11 Å². The molecular formula is C13H11N3O3. The van der Waals surface area contributed by atoms with Crippen LogP contribution in [0.15, 0.2) is 34.9 Å². The number of aromatic nitrogens is 3. The van der Waals surface area contributed by atoms with Crippen LogP contribution < -0.4 is 0 Å². The molecular weight excluding hydrogens is 246 g/mol. The zero-order valence-electron chi connectivity index (χ0n) is 10.5. The van der Waals surface area contributed by atoms with Crippen molar-refractivity contribution in [3.63, 3.8) is 0 Å². The van der Waals surface area contributed by atoms with Crippen LogP contribution in [0.25, 0.3) is 17.2 Å². The number of furan rings is 1. The van der Waals surface area contributed by atoms with Crippen LogP contribution >= 0.6 is 0 Å². The fraction of sp³-hybridized carbons (Fsp3) is 0.154. The molecule has 6 heteroatoms. The molecule has 0 saturated carbocycles. The molecule has 0 aliphatic carbocycles. The Morgan fingerprint density at radius 1 is 1.37 bits per heavy atom. The third kappa shape index (κ3) is 1.97. The average Bonchev–Trinajstić information content (AvgIpc) is 3.02. The van der Waals surface area contributed by atoms with Crippen molar-refractivity contribution in [3.8, 4) is 11.6 Å². The van der Waals surface area contributed by atoms with Crippen molar-refractivity contribution in [2.45, 2.75) is 6.92 Å². The second-order valence-corrected chi connectivity index (χ2v) is 4.06. The molecule has 0 saturated heterocycles. The van der Waals surface area contributed by atoms with Gasteiger partial charge >= 0.3 is 5.97 Å². The van der Waals surface area contributed by atoms with Gasteiger partial charge in [-0.05, 0) is 31.2 Å². The molecule has 0 aliphatic heterocycles. The zero-order chi connectivity index (χ0) is 13.4. The minimum atomic E-state index is -0.402. The van der Waals surface area contributed by atoms with Gasteiger partial charge in [0.1, 0.15) is 5.76 Å². The van der Waals surface area contributed by atoms with E-state index in [4.69, 9.17) is 4.42 Å². The smallest absolute Gasteiger partial charge is 0.338 e. The summed E-state index contributed by atoms with van der Waals surface area (Å²) in [5.41, 5.74) is 0.997.